The molecule has 19 heavy (non-hydrogen) atoms. The monoisotopic (exact) mass is 347 g/mol. The first kappa shape index (κ1) is 15.0. The van der Waals surface area contributed by atoms with Crippen LogP contribution in [-0.4, -0.2) is 37.7 Å². The highest BCUT2D eigenvalue weighted by molar-refractivity contribution is 9.10. The molecule has 1 aliphatic carbocycles. The van der Waals surface area contributed by atoms with E-state index in [-0.39, 0.29) is 24.8 Å². The Balaban J connectivity index is 2.42. The fraction of sp³-hybridized carbons (Fsp3) is 0.538. The van der Waals surface area contributed by atoms with Crippen LogP contribution < -0.4 is 5.73 Å². The van der Waals surface area contributed by atoms with Crippen molar-refractivity contribution in [1.29, 1.82) is 0 Å². The van der Waals surface area contributed by atoms with Gasteiger partial charge in [0.2, 0.25) is 0 Å². The summed E-state index contributed by atoms with van der Waals surface area (Å²) >= 11 is 3.35. The summed E-state index contributed by atoms with van der Waals surface area (Å²) < 4.78 is 25.3. The van der Waals surface area contributed by atoms with Gasteiger partial charge in [0.15, 0.2) is 9.84 Å². The molecule has 0 heterocycles. The van der Waals surface area contributed by atoms with Crippen molar-refractivity contribution in [3.05, 3.63) is 34.3 Å². The molecular formula is C13H18BrNO3S. The fourth-order valence-corrected chi connectivity index (χ4v) is 5.29. The van der Waals surface area contributed by atoms with Crippen molar-refractivity contribution in [3.63, 3.8) is 0 Å². The van der Waals surface area contributed by atoms with E-state index in [9.17, 15) is 13.5 Å². The Morgan fingerprint density at radius 1 is 1.37 bits per heavy atom. The van der Waals surface area contributed by atoms with Crippen molar-refractivity contribution in [3.8, 4) is 0 Å². The lowest BCUT2D eigenvalue weighted by Gasteiger charge is -2.11. The molecular weight excluding hydrogens is 330 g/mol. The Morgan fingerprint density at radius 2 is 1.95 bits per heavy atom. The number of aliphatic hydroxyl groups excluding tert-OH is 1. The van der Waals surface area contributed by atoms with Crippen molar-refractivity contribution in [2.45, 2.75) is 18.1 Å². The third-order valence-electron chi connectivity index (χ3n) is 4.07. The molecule has 1 aromatic rings. The Kier molecular flexibility index (Phi) is 4.07. The molecule has 1 aromatic carbocycles. The molecule has 106 valence electrons. The molecule has 0 bridgehead atoms. The van der Waals surface area contributed by atoms with Crippen molar-refractivity contribution in [1.82, 2.24) is 0 Å². The van der Waals surface area contributed by atoms with E-state index in [1.165, 1.54) is 0 Å². The Labute approximate surface area is 122 Å². The highest BCUT2D eigenvalue weighted by atomic mass is 79.9. The molecule has 6 heteroatoms. The maximum Gasteiger partial charge on any atom is 0.154 e. The number of rotatable bonds is 5. The van der Waals surface area contributed by atoms with E-state index in [0.29, 0.717) is 0 Å². The first-order valence-electron chi connectivity index (χ1n) is 6.21. The number of halogens is 1. The summed E-state index contributed by atoms with van der Waals surface area (Å²) in [5, 5.41) is 9.05. The van der Waals surface area contributed by atoms with Gasteiger partial charge in [-0.2, -0.15) is 0 Å². The lowest BCUT2D eigenvalue weighted by Crippen LogP contribution is -2.28. The Bertz CT molecular complexity index is 552. The molecule has 1 aliphatic rings. The van der Waals surface area contributed by atoms with Gasteiger partial charge in [-0.3, -0.25) is 0 Å². The van der Waals surface area contributed by atoms with Crippen LogP contribution in [0.25, 0.3) is 0 Å². The number of sulfone groups is 1. The Morgan fingerprint density at radius 3 is 2.37 bits per heavy atom. The zero-order chi connectivity index (χ0) is 14.3. The quantitative estimate of drug-likeness (QED) is 0.840. The lowest BCUT2D eigenvalue weighted by atomic mass is 10.0. The number of nitrogens with two attached hydrogens (primary N) is 1. The molecule has 1 saturated carbocycles. The van der Waals surface area contributed by atoms with Gasteiger partial charge in [0.1, 0.15) is 0 Å². The van der Waals surface area contributed by atoms with E-state index >= 15 is 0 Å². The second-order valence-corrected chi connectivity index (χ2v) is 8.32. The SMILES string of the molecule is CCS(=O)(=O)[C@H]1[C@H](c2ccc(Br)cc2)[C@@]1(CN)CO. The topological polar surface area (TPSA) is 80.4 Å². The number of hydrogen-bond donors (Lipinski definition) is 2. The summed E-state index contributed by atoms with van der Waals surface area (Å²) in [6, 6.07) is 7.53. The number of aliphatic hydroxyl groups is 1. The van der Waals surface area contributed by atoms with Crippen LogP contribution in [0.2, 0.25) is 0 Å². The zero-order valence-corrected chi connectivity index (χ0v) is 13.1. The molecule has 0 aliphatic heterocycles. The summed E-state index contributed by atoms with van der Waals surface area (Å²) in [6.07, 6.45) is 0. The number of hydrogen-bond acceptors (Lipinski definition) is 4. The van der Waals surface area contributed by atoms with Gasteiger partial charge in [-0.1, -0.05) is 35.0 Å². The van der Waals surface area contributed by atoms with Gasteiger partial charge in [-0.05, 0) is 17.7 Å². The molecule has 0 aromatic heterocycles. The van der Waals surface area contributed by atoms with Gasteiger partial charge in [0, 0.05) is 28.1 Å². The van der Waals surface area contributed by atoms with Crippen LogP contribution in [0.5, 0.6) is 0 Å². The largest absolute Gasteiger partial charge is 0.396 e. The van der Waals surface area contributed by atoms with Crippen molar-refractivity contribution >= 4 is 25.8 Å². The van der Waals surface area contributed by atoms with Crippen LogP contribution in [0.4, 0.5) is 0 Å². The van der Waals surface area contributed by atoms with Gasteiger partial charge < -0.3 is 10.8 Å². The molecule has 0 saturated heterocycles. The third kappa shape index (κ3) is 2.35. The molecule has 0 unspecified atom stereocenters. The summed E-state index contributed by atoms with van der Waals surface area (Å²) in [4.78, 5) is 0. The third-order valence-corrected chi connectivity index (χ3v) is 6.92. The predicted octanol–water partition coefficient (Wildman–Crippen LogP) is 1.29. The van der Waals surface area contributed by atoms with Crippen LogP contribution in [-0.2, 0) is 9.84 Å². The van der Waals surface area contributed by atoms with E-state index in [0.717, 1.165) is 10.0 Å². The van der Waals surface area contributed by atoms with Crippen LogP contribution >= 0.6 is 15.9 Å². The average molecular weight is 348 g/mol. The van der Waals surface area contributed by atoms with Gasteiger partial charge in [-0.15, -0.1) is 0 Å². The molecule has 3 N–H and O–H groups in total. The maximum atomic E-state index is 12.2. The normalized spacial score (nSPS) is 30.3. The van der Waals surface area contributed by atoms with Crippen LogP contribution in [0.3, 0.4) is 0 Å². The minimum Gasteiger partial charge on any atom is -0.396 e. The Hall–Kier alpha value is -0.430. The van der Waals surface area contributed by atoms with E-state index in [2.05, 4.69) is 15.9 Å². The summed E-state index contributed by atoms with van der Waals surface area (Å²) in [6.45, 7) is 1.60. The van der Waals surface area contributed by atoms with E-state index in [4.69, 9.17) is 5.73 Å². The minimum absolute atomic E-state index is 0.0758. The maximum absolute atomic E-state index is 12.2. The van der Waals surface area contributed by atoms with Gasteiger partial charge in [0.05, 0.1) is 11.9 Å². The average Bonchev–Trinajstić information content (AvgIpc) is 3.10. The standard InChI is InChI=1S/C13H18BrNO3S/c1-2-19(17,18)12-11(13(12,7-15)8-16)9-3-5-10(14)6-4-9/h3-6,11-12,16H,2,7-8,15H2,1H3/t11-,12-,13+/m0/s1. The van der Waals surface area contributed by atoms with Crippen molar-refractivity contribution in [2.24, 2.45) is 11.1 Å². The number of benzene rings is 1. The van der Waals surface area contributed by atoms with Crippen LogP contribution in [0, 0.1) is 5.41 Å². The van der Waals surface area contributed by atoms with Crippen molar-refractivity contribution in [2.75, 3.05) is 18.9 Å². The highest BCUT2D eigenvalue weighted by Gasteiger charge is 2.69. The first-order chi connectivity index (χ1) is 8.93. The van der Waals surface area contributed by atoms with Crippen LogP contribution in [0.15, 0.2) is 28.7 Å². The predicted molar refractivity (Wildman–Crippen MR) is 78.7 cm³/mol. The molecule has 0 amide bonds. The molecule has 0 radical (unpaired) electrons. The van der Waals surface area contributed by atoms with Gasteiger partial charge >= 0.3 is 0 Å². The van der Waals surface area contributed by atoms with Crippen molar-refractivity contribution < 1.29 is 13.5 Å². The summed E-state index contributed by atoms with van der Waals surface area (Å²) in [5.41, 5.74) is 5.95. The zero-order valence-electron chi connectivity index (χ0n) is 10.7. The van der Waals surface area contributed by atoms with Gasteiger partial charge in [-0.25, -0.2) is 8.42 Å². The summed E-state index contributed by atoms with van der Waals surface area (Å²) in [7, 11) is -3.22. The van der Waals surface area contributed by atoms with E-state index in [1.807, 2.05) is 24.3 Å². The fourth-order valence-electron chi connectivity index (χ4n) is 2.87. The minimum atomic E-state index is -3.22. The van der Waals surface area contributed by atoms with E-state index in [1.54, 1.807) is 6.92 Å². The second kappa shape index (κ2) is 5.16. The molecule has 1 fully saturated rings. The highest BCUT2D eigenvalue weighted by Crippen LogP contribution is 2.62. The second-order valence-electron chi connectivity index (χ2n) is 5.00. The lowest BCUT2D eigenvalue weighted by molar-refractivity contribution is 0.212. The molecule has 0 spiro atoms. The van der Waals surface area contributed by atoms with E-state index < -0.39 is 20.5 Å². The summed E-state index contributed by atoms with van der Waals surface area (Å²) in [5.74, 6) is -0.132. The molecule has 3 atom stereocenters. The first-order valence-corrected chi connectivity index (χ1v) is 8.71. The smallest absolute Gasteiger partial charge is 0.154 e. The van der Waals surface area contributed by atoms with Gasteiger partial charge in [0.25, 0.3) is 0 Å². The molecule has 2 rings (SSSR count). The molecule has 4 nitrogen and oxygen atoms in total. The van der Waals surface area contributed by atoms with Crippen LogP contribution in [0.1, 0.15) is 18.4 Å².